The molecule has 0 saturated carbocycles. The Morgan fingerprint density at radius 1 is 1.10 bits per heavy atom. The van der Waals surface area contributed by atoms with Crippen molar-refractivity contribution in [2.45, 2.75) is 24.3 Å². The van der Waals surface area contributed by atoms with E-state index in [9.17, 15) is 18.0 Å². The van der Waals surface area contributed by atoms with Gasteiger partial charge in [-0.25, -0.2) is 12.7 Å². The molecule has 0 heterocycles. The molecule has 0 aromatic heterocycles. The van der Waals surface area contributed by atoms with Crippen LogP contribution in [0, 0.1) is 0 Å². The van der Waals surface area contributed by atoms with E-state index in [2.05, 4.69) is 5.32 Å². The van der Waals surface area contributed by atoms with Crippen LogP contribution in [-0.2, 0) is 30.8 Å². The molecule has 156 valence electrons. The first-order valence-corrected chi connectivity index (χ1v) is 10.2. The highest BCUT2D eigenvalue weighted by atomic mass is 32.2. The molecule has 8 nitrogen and oxygen atoms in total. The number of methoxy groups -OCH3 is 1. The molecule has 9 heteroatoms. The number of carbonyl (C=O) groups is 2. The molecule has 2 rings (SSSR count). The van der Waals surface area contributed by atoms with E-state index in [0.29, 0.717) is 5.75 Å². The number of anilines is 1. The number of rotatable bonds is 8. The molecule has 0 aliphatic carbocycles. The number of hydrogen-bond donors (Lipinski definition) is 1. The van der Waals surface area contributed by atoms with Crippen LogP contribution in [0.1, 0.15) is 12.5 Å². The quantitative estimate of drug-likeness (QED) is 0.656. The van der Waals surface area contributed by atoms with Crippen LogP contribution in [-0.4, -0.2) is 51.9 Å². The lowest BCUT2D eigenvalue weighted by Gasteiger charge is -2.15. The second-order valence-corrected chi connectivity index (χ2v) is 8.61. The maximum absolute atomic E-state index is 12.3. The van der Waals surface area contributed by atoms with Gasteiger partial charge in [0.25, 0.3) is 5.91 Å². The molecule has 0 radical (unpaired) electrons. The lowest BCUT2D eigenvalue weighted by atomic mass is 10.1. The zero-order chi connectivity index (χ0) is 21.6. The van der Waals surface area contributed by atoms with Crippen molar-refractivity contribution in [1.82, 2.24) is 4.31 Å². The van der Waals surface area contributed by atoms with Gasteiger partial charge < -0.3 is 14.8 Å². The van der Waals surface area contributed by atoms with E-state index < -0.39 is 28.0 Å². The second kappa shape index (κ2) is 9.53. The van der Waals surface area contributed by atoms with Crippen LogP contribution in [0.15, 0.2) is 53.4 Å². The summed E-state index contributed by atoms with van der Waals surface area (Å²) in [7, 11) is 0.768. The van der Waals surface area contributed by atoms with Gasteiger partial charge in [0.05, 0.1) is 18.4 Å². The summed E-state index contributed by atoms with van der Waals surface area (Å²) in [6, 6.07) is 12.8. The zero-order valence-corrected chi connectivity index (χ0v) is 17.5. The van der Waals surface area contributed by atoms with E-state index >= 15 is 0 Å². The Bertz CT molecular complexity index is 971. The standard InChI is InChI=1S/C20H24N2O6S/c1-14(28-19(23)12-15-8-10-17(27-4)11-9-15)20(24)21-16-6-5-7-18(13-16)29(25,26)22(2)3/h5-11,13-14H,12H2,1-4H3,(H,21,24)/t14-/m0/s1. The van der Waals surface area contributed by atoms with Crippen LogP contribution < -0.4 is 10.1 Å². The molecular formula is C20H24N2O6S. The van der Waals surface area contributed by atoms with E-state index in [1.807, 2.05) is 0 Å². The monoisotopic (exact) mass is 420 g/mol. The van der Waals surface area contributed by atoms with E-state index in [0.717, 1.165) is 9.87 Å². The van der Waals surface area contributed by atoms with Crippen molar-refractivity contribution >= 4 is 27.6 Å². The molecule has 0 bridgehead atoms. The molecular weight excluding hydrogens is 396 g/mol. The van der Waals surface area contributed by atoms with Gasteiger partial charge in [-0.2, -0.15) is 0 Å². The van der Waals surface area contributed by atoms with Crippen molar-refractivity contribution in [2.24, 2.45) is 0 Å². The van der Waals surface area contributed by atoms with Gasteiger partial charge in [-0.15, -0.1) is 0 Å². The summed E-state index contributed by atoms with van der Waals surface area (Å²) >= 11 is 0. The average Bonchev–Trinajstić information content (AvgIpc) is 2.68. The molecule has 2 aromatic carbocycles. The second-order valence-electron chi connectivity index (χ2n) is 6.46. The first-order chi connectivity index (χ1) is 13.6. The predicted octanol–water partition coefficient (Wildman–Crippen LogP) is 2.06. The van der Waals surface area contributed by atoms with Crippen molar-refractivity contribution in [2.75, 3.05) is 26.5 Å². The Labute approximate surface area is 170 Å². The number of sulfonamides is 1. The Morgan fingerprint density at radius 2 is 1.76 bits per heavy atom. The maximum Gasteiger partial charge on any atom is 0.311 e. The zero-order valence-electron chi connectivity index (χ0n) is 16.7. The topological polar surface area (TPSA) is 102 Å². The van der Waals surface area contributed by atoms with E-state index in [1.165, 1.54) is 39.2 Å². The number of nitrogens with zero attached hydrogens (tertiary/aromatic N) is 1. The maximum atomic E-state index is 12.3. The normalized spacial score (nSPS) is 12.3. The summed E-state index contributed by atoms with van der Waals surface area (Å²) in [4.78, 5) is 24.4. The average molecular weight is 420 g/mol. The fourth-order valence-corrected chi connectivity index (χ4v) is 3.34. The van der Waals surface area contributed by atoms with Crippen LogP contribution in [0.5, 0.6) is 5.75 Å². The number of amides is 1. The smallest absolute Gasteiger partial charge is 0.311 e. The van der Waals surface area contributed by atoms with Crippen molar-refractivity contribution in [3.63, 3.8) is 0 Å². The van der Waals surface area contributed by atoms with Crippen molar-refractivity contribution < 1.29 is 27.5 Å². The molecule has 0 saturated heterocycles. The Balaban J connectivity index is 1.97. The van der Waals surface area contributed by atoms with Gasteiger partial charge >= 0.3 is 5.97 Å². The largest absolute Gasteiger partial charge is 0.497 e. The van der Waals surface area contributed by atoms with Crippen LogP contribution in [0.25, 0.3) is 0 Å². The summed E-state index contributed by atoms with van der Waals surface area (Å²) in [6.45, 7) is 1.45. The third-order valence-corrected chi connectivity index (χ3v) is 5.88. The van der Waals surface area contributed by atoms with Crippen LogP contribution in [0.2, 0.25) is 0 Å². The third-order valence-electron chi connectivity index (χ3n) is 4.07. The number of carbonyl (C=O) groups excluding carboxylic acids is 2. The molecule has 2 aromatic rings. The summed E-state index contributed by atoms with van der Waals surface area (Å²) < 4.78 is 35.7. The number of nitrogens with one attached hydrogen (secondary N) is 1. The van der Waals surface area contributed by atoms with Gasteiger partial charge in [0, 0.05) is 19.8 Å². The van der Waals surface area contributed by atoms with Crippen LogP contribution in [0.4, 0.5) is 5.69 Å². The summed E-state index contributed by atoms with van der Waals surface area (Å²) in [5.74, 6) is -0.442. The summed E-state index contributed by atoms with van der Waals surface area (Å²) in [6.07, 6.45) is -1.03. The number of ether oxygens (including phenoxy) is 2. The highest BCUT2D eigenvalue weighted by Gasteiger charge is 2.20. The van der Waals surface area contributed by atoms with Crippen LogP contribution in [0.3, 0.4) is 0 Å². The fraction of sp³-hybridized carbons (Fsp3) is 0.300. The molecule has 29 heavy (non-hydrogen) atoms. The molecule has 1 amide bonds. The van der Waals surface area contributed by atoms with Gasteiger partial charge in [0.15, 0.2) is 6.10 Å². The molecule has 0 fully saturated rings. The lowest BCUT2D eigenvalue weighted by Crippen LogP contribution is -2.30. The van der Waals surface area contributed by atoms with Crippen molar-refractivity contribution in [3.8, 4) is 5.75 Å². The van der Waals surface area contributed by atoms with Crippen LogP contribution >= 0.6 is 0 Å². The summed E-state index contributed by atoms with van der Waals surface area (Å²) in [5, 5.41) is 2.56. The molecule has 0 aliphatic rings. The summed E-state index contributed by atoms with van der Waals surface area (Å²) in [5.41, 5.74) is 1.01. The molecule has 0 unspecified atom stereocenters. The number of hydrogen-bond acceptors (Lipinski definition) is 6. The Hall–Kier alpha value is -2.91. The minimum absolute atomic E-state index is 0.0121. The lowest BCUT2D eigenvalue weighted by molar-refractivity contribution is -0.152. The number of benzene rings is 2. The van der Waals surface area contributed by atoms with Gasteiger partial charge in [-0.05, 0) is 42.8 Å². The Kier molecular flexibility index (Phi) is 7.35. The van der Waals surface area contributed by atoms with Gasteiger partial charge in [0.2, 0.25) is 10.0 Å². The van der Waals surface area contributed by atoms with E-state index in [-0.39, 0.29) is 17.0 Å². The Morgan fingerprint density at radius 3 is 2.34 bits per heavy atom. The highest BCUT2D eigenvalue weighted by Crippen LogP contribution is 2.18. The van der Waals surface area contributed by atoms with Gasteiger partial charge in [-0.3, -0.25) is 9.59 Å². The molecule has 1 N–H and O–H groups in total. The first kappa shape index (κ1) is 22.4. The minimum atomic E-state index is -3.63. The fourth-order valence-electron chi connectivity index (χ4n) is 2.39. The third kappa shape index (κ3) is 6.03. The molecule has 0 spiro atoms. The van der Waals surface area contributed by atoms with Crippen molar-refractivity contribution in [3.05, 3.63) is 54.1 Å². The molecule has 1 atom stereocenters. The SMILES string of the molecule is COc1ccc(CC(=O)O[C@@H](C)C(=O)Nc2cccc(S(=O)(=O)N(C)C)c2)cc1. The van der Waals surface area contributed by atoms with E-state index in [4.69, 9.17) is 9.47 Å². The predicted molar refractivity (Wildman–Crippen MR) is 108 cm³/mol. The van der Waals surface area contributed by atoms with E-state index in [1.54, 1.807) is 37.4 Å². The minimum Gasteiger partial charge on any atom is -0.497 e. The molecule has 0 aliphatic heterocycles. The van der Waals surface area contributed by atoms with Crippen molar-refractivity contribution in [1.29, 1.82) is 0 Å². The first-order valence-electron chi connectivity index (χ1n) is 8.79. The number of esters is 1. The highest BCUT2D eigenvalue weighted by molar-refractivity contribution is 7.89. The van der Waals surface area contributed by atoms with Gasteiger partial charge in [-0.1, -0.05) is 18.2 Å². The van der Waals surface area contributed by atoms with Gasteiger partial charge in [0.1, 0.15) is 5.75 Å².